The van der Waals surface area contributed by atoms with E-state index in [0.717, 1.165) is 15.4 Å². The molecule has 0 atom stereocenters. The molecule has 0 aromatic heterocycles. The van der Waals surface area contributed by atoms with Gasteiger partial charge in [0.2, 0.25) is 0 Å². The summed E-state index contributed by atoms with van der Waals surface area (Å²) >= 11 is 3.53. The Morgan fingerprint density at radius 1 is 1.00 bits per heavy atom. The van der Waals surface area contributed by atoms with E-state index in [4.69, 9.17) is 9.47 Å². The van der Waals surface area contributed by atoms with Crippen LogP contribution in [0.2, 0.25) is 0 Å². The number of carbonyl (C=O) groups excluding carboxylic acids is 1. The van der Waals surface area contributed by atoms with Crippen LogP contribution in [0.4, 0.5) is 5.69 Å². The van der Waals surface area contributed by atoms with Crippen LogP contribution in [0.25, 0.3) is 0 Å². The predicted octanol–water partition coefficient (Wildman–Crippen LogP) is 6.81. The number of halogens is 1. The van der Waals surface area contributed by atoms with Crippen molar-refractivity contribution in [3.8, 4) is 11.5 Å². The average Bonchev–Trinajstić information content (AvgIpc) is 3.00. The van der Waals surface area contributed by atoms with Crippen molar-refractivity contribution < 1.29 is 22.7 Å². The largest absolute Gasteiger partial charge is 0.493 e. The van der Waals surface area contributed by atoms with Gasteiger partial charge in [0.25, 0.3) is 15.9 Å². The van der Waals surface area contributed by atoms with E-state index in [2.05, 4.69) is 40.3 Å². The minimum Gasteiger partial charge on any atom is -0.493 e. The Morgan fingerprint density at radius 2 is 1.67 bits per heavy atom. The first kappa shape index (κ1) is 31.8. The fraction of sp³-hybridized carbons (Fsp3) is 0.212. The SMILES string of the molecule is COc1cc(/C=N\NC(=O)CN(c2ccc(C(C)C)cc2)S(=O)(=O)c2ccccc2)cc(Br)c1OCc1ccc(C)cc1. The summed E-state index contributed by atoms with van der Waals surface area (Å²) in [7, 11) is -2.48. The van der Waals surface area contributed by atoms with Crippen LogP contribution in [0.5, 0.6) is 11.5 Å². The summed E-state index contributed by atoms with van der Waals surface area (Å²) in [6.07, 6.45) is 1.45. The molecule has 1 amide bonds. The molecule has 0 radical (unpaired) electrons. The number of rotatable bonds is 12. The number of ether oxygens (including phenoxy) is 2. The molecule has 8 nitrogen and oxygen atoms in total. The molecule has 0 saturated heterocycles. The van der Waals surface area contributed by atoms with Crippen LogP contribution < -0.4 is 19.2 Å². The predicted molar refractivity (Wildman–Crippen MR) is 173 cm³/mol. The summed E-state index contributed by atoms with van der Waals surface area (Å²) in [4.78, 5) is 13.1. The molecule has 224 valence electrons. The second kappa shape index (κ2) is 14.3. The maximum absolute atomic E-state index is 13.6. The second-order valence-corrected chi connectivity index (χ2v) is 12.9. The molecule has 0 unspecified atom stereocenters. The van der Waals surface area contributed by atoms with Gasteiger partial charge in [-0.2, -0.15) is 5.10 Å². The van der Waals surface area contributed by atoms with E-state index in [9.17, 15) is 13.2 Å². The van der Waals surface area contributed by atoms with E-state index >= 15 is 0 Å². The third-order valence-electron chi connectivity index (χ3n) is 6.62. The van der Waals surface area contributed by atoms with Crippen molar-refractivity contribution in [1.29, 1.82) is 0 Å². The number of amides is 1. The lowest BCUT2D eigenvalue weighted by Crippen LogP contribution is -2.39. The molecule has 4 aromatic rings. The monoisotopic (exact) mass is 663 g/mol. The van der Waals surface area contributed by atoms with Gasteiger partial charge in [-0.15, -0.1) is 0 Å². The van der Waals surface area contributed by atoms with E-state index in [0.29, 0.717) is 33.8 Å². The number of hydrogen-bond acceptors (Lipinski definition) is 6. The van der Waals surface area contributed by atoms with Crippen LogP contribution >= 0.6 is 15.9 Å². The number of hydrogen-bond donors (Lipinski definition) is 1. The van der Waals surface area contributed by atoms with Gasteiger partial charge in [0, 0.05) is 0 Å². The van der Waals surface area contributed by atoms with Gasteiger partial charge in [0.1, 0.15) is 13.2 Å². The van der Waals surface area contributed by atoms with Crippen molar-refractivity contribution in [2.75, 3.05) is 18.0 Å². The number of nitrogens with zero attached hydrogens (tertiary/aromatic N) is 2. The summed E-state index contributed by atoms with van der Waals surface area (Å²) in [6, 6.07) is 26.7. The minimum atomic E-state index is -4.02. The smallest absolute Gasteiger partial charge is 0.264 e. The molecule has 0 bridgehead atoms. The van der Waals surface area contributed by atoms with E-state index in [1.807, 2.05) is 43.3 Å². The number of aryl methyl sites for hydroxylation is 1. The third kappa shape index (κ3) is 8.24. The van der Waals surface area contributed by atoms with E-state index < -0.39 is 22.5 Å². The van der Waals surface area contributed by atoms with Crippen molar-refractivity contribution in [3.63, 3.8) is 0 Å². The standard InChI is InChI=1S/C33H34BrN3O5S/c1-23(2)27-14-16-28(17-15-27)37(43(39,40)29-8-6-5-7-9-29)21-32(38)36-35-20-26-18-30(34)33(31(19-26)41-4)42-22-25-12-10-24(3)11-13-25/h5-20,23H,21-22H2,1-4H3,(H,36,38)/b35-20-. The lowest BCUT2D eigenvalue weighted by atomic mass is 10.0. The summed E-state index contributed by atoms with van der Waals surface area (Å²) in [5.41, 5.74) is 6.70. The Kier molecular flexibility index (Phi) is 10.6. The van der Waals surface area contributed by atoms with Crippen LogP contribution in [-0.4, -0.2) is 34.2 Å². The van der Waals surface area contributed by atoms with Gasteiger partial charge in [-0.05, 0) is 81.9 Å². The van der Waals surface area contributed by atoms with Gasteiger partial charge in [-0.3, -0.25) is 9.10 Å². The van der Waals surface area contributed by atoms with E-state index in [1.54, 1.807) is 49.6 Å². The Bertz CT molecular complexity index is 1670. The van der Waals surface area contributed by atoms with Crippen LogP contribution in [0.1, 0.15) is 42.0 Å². The van der Waals surface area contributed by atoms with Crippen molar-refractivity contribution in [1.82, 2.24) is 5.43 Å². The molecule has 10 heteroatoms. The van der Waals surface area contributed by atoms with Gasteiger partial charge in [-0.25, -0.2) is 13.8 Å². The van der Waals surface area contributed by atoms with Crippen molar-refractivity contribution in [2.24, 2.45) is 5.10 Å². The number of sulfonamides is 1. The minimum absolute atomic E-state index is 0.0841. The topological polar surface area (TPSA) is 97.3 Å². The van der Waals surface area contributed by atoms with Crippen LogP contribution in [-0.2, 0) is 21.4 Å². The molecule has 0 heterocycles. The quantitative estimate of drug-likeness (QED) is 0.133. The number of carbonyl (C=O) groups is 1. The second-order valence-electron chi connectivity index (χ2n) is 10.2. The molecule has 0 fully saturated rings. The number of anilines is 1. The highest BCUT2D eigenvalue weighted by atomic mass is 79.9. The fourth-order valence-corrected chi connectivity index (χ4v) is 6.22. The first-order valence-electron chi connectivity index (χ1n) is 13.6. The maximum Gasteiger partial charge on any atom is 0.264 e. The molecule has 0 saturated carbocycles. The lowest BCUT2D eigenvalue weighted by Gasteiger charge is -2.24. The summed E-state index contributed by atoms with van der Waals surface area (Å²) in [5, 5.41) is 4.07. The van der Waals surface area contributed by atoms with E-state index in [-0.39, 0.29) is 10.8 Å². The molecule has 0 aliphatic carbocycles. The van der Waals surface area contributed by atoms with Crippen LogP contribution in [0, 0.1) is 6.92 Å². The zero-order chi connectivity index (χ0) is 31.0. The molecule has 1 N–H and O–H groups in total. The van der Waals surface area contributed by atoms with Gasteiger partial charge >= 0.3 is 0 Å². The van der Waals surface area contributed by atoms with Crippen molar-refractivity contribution >= 4 is 43.8 Å². The molecule has 0 aliphatic heterocycles. The molecule has 0 spiro atoms. The highest BCUT2D eigenvalue weighted by molar-refractivity contribution is 9.10. The van der Waals surface area contributed by atoms with Crippen LogP contribution in [0.3, 0.4) is 0 Å². The first-order chi connectivity index (χ1) is 20.6. The molecular weight excluding hydrogens is 630 g/mol. The Morgan fingerprint density at radius 3 is 2.30 bits per heavy atom. The van der Waals surface area contributed by atoms with Crippen molar-refractivity contribution in [3.05, 3.63) is 118 Å². The molecule has 4 aromatic carbocycles. The van der Waals surface area contributed by atoms with E-state index in [1.165, 1.54) is 23.9 Å². The van der Waals surface area contributed by atoms with Gasteiger partial charge in [0.15, 0.2) is 11.5 Å². The Balaban J connectivity index is 1.49. The number of hydrazone groups is 1. The normalized spacial score (nSPS) is 11.5. The molecule has 43 heavy (non-hydrogen) atoms. The number of methoxy groups -OCH3 is 1. The summed E-state index contributed by atoms with van der Waals surface area (Å²) in [5.74, 6) is 0.694. The zero-order valence-electron chi connectivity index (χ0n) is 24.5. The van der Waals surface area contributed by atoms with Gasteiger partial charge in [-0.1, -0.05) is 74.0 Å². The highest BCUT2D eigenvalue weighted by Gasteiger charge is 2.27. The van der Waals surface area contributed by atoms with Crippen LogP contribution in [0.15, 0.2) is 105 Å². The zero-order valence-corrected chi connectivity index (χ0v) is 26.9. The lowest BCUT2D eigenvalue weighted by molar-refractivity contribution is -0.119. The van der Waals surface area contributed by atoms with Gasteiger partial charge in [0.05, 0.1) is 28.4 Å². The Labute approximate surface area is 261 Å². The maximum atomic E-state index is 13.6. The Hall–Kier alpha value is -4.15. The summed E-state index contributed by atoms with van der Waals surface area (Å²) in [6.45, 7) is 6.04. The number of nitrogens with one attached hydrogen (secondary N) is 1. The summed E-state index contributed by atoms with van der Waals surface area (Å²) < 4.78 is 40.4. The van der Waals surface area contributed by atoms with Crippen molar-refractivity contribution in [2.45, 2.75) is 38.2 Å². The fourth-order valence-electron chi connectivity index (χ4n) is 4.20. The number of benzene rings is 4. The average molecular weight is 665 g/mol. The van der Waals surface area contributed by atoms with Gasteiger partial charge < -0.3 is 9.47 Å². The third-order valence-corrected chi connectivity index (χ3v) is 9.00. The molecule has 0 aliphatic rings. The molecule has 4 rings (SSSR count). The highest BCUT2D eigenvalue weighted by Crippen LogP contribution is 2.37. The molecular formula is C33H34BrN3O5S. The first-order valence-corrected chi connectivity index (χ1v) is 15.9.